The van der Waals surface area contributed by atoms with Crippen LogP contribution in [-0.4, -0.2) is 54.1 Å². The Kier molecular flexibility index (Phi) is 4.27. The summed E-state index contributed by atoms with van der Waals surface area (Å²) in [6.07, 6.45) is 5.07. The molecular weight excluding hydrogens is 274 g/mol. The van der Waals surface area contributed by atoms with Gasteiger partial charge >= 0.3 is 0 Å². The largest absolute Gasteiger partial charge is 0.367 e. The van der Waals surface area contributed by atoms with Gasteiger partial charge in [0.05, 0.1) is 0 Å². The Labute approximate surface area is 125 Å². The Morgan fingerprint density at radius 2 is 1.85 bits per heavy atom. The summed E-state index contributed by atoms with van der Waals surface area (Å²) in [5.74, 6) is 1.62. The van der Waals surface area contributed by atoms with Gasteiger partial charge in [-0.3, -0.25) is 0 Å². The number of nitrogens with one attached hydrogen (secondary N) is 1. The minimum atomic E-state index is 0.523. The molecule has 0 amide bonds. The lowest BCUT2D eigenvalue weighted by Crippen LogP contribution is -2.45. The molecule has 1 N–H and O–H groups in total. The van der Waals surface area contributed by atoms with Crippen molar-refractivity contribution in [3.8, 4) is 0 Å². The van der Waals surface area contributed by atoms with Crippen molar-refractivity contribution in [3.63, 3.8) is 0 Å². The van der Waals surface area contributed by atoms with Crippen LogP contribution in [0.1, 0.15) is 25.7 Å². The number of piperazine rings is 1. The fourth-order valence-corrected chi connectivity index (χ4v) is 3.09. The molecule has 0 spiro atoms. The third kappa shape index (κ3) is 3.33. The van der Waals surface area contributed by atoms with Crippen molar-refractivity contribution in [3.05, 3.63) is 11.2 Å². The number of halogens is 1. The topological polar surface area (TPSA) is 44.3 Å². The number of nitrogens with zero attached hydrogens (tertiary/aromatic N) is 4. The lowest BCUT2D eigenvalue weighted by molar-refractivity contribution is 0.311. The highest BCUT2D eigenvalue weighted by molar-refractivity contribution is 6.29. The summed E-state index contributed by atoms with van der Waals surface area (Å²) in [5.41, 5.74) is 0. The molecule has 1 saturated carbocycles. The van der Waals surface area contributed by atoms with Crippen molar-refractivity contribution in [2.45, 2.75) is 31.7 Å². The van der Waals surface area contributed by atoms with Crippen LogP contribution in [0.4, 0.5) is 11.8 Å². The van der Waals surface area contributed by atoms with Gasteiger partial charge in [-0.15, -0.1) is 0 Å². The van der Waals surface area contributed by atoms with Crippen molar-refractivity contribution in [1.29, 1.82) is 0 Å². The molecule has 0 unspecified atom stereocenters. The molecule has 110 valence electrons. The van der Waals surface area contributed by atoms with E-state index in [-0.39, 0.29) is 0 Å². The number of hydrogen-bond acceptors (Lipinski definition) is 5. The summed E-state index contributed by atoms with van der Waals surface area (Å²) >= 11 is 6.16. The SMILES string of the molecule is CN1CCN(c2nc(Cl)cc(NC3CCCC3)n2)CC1. The number of aromatic nitrogens is 2. The standard InChI is InChI=1S/C14H22ClN5/c1-19-6-8-20(9-7-19)14-17-12(15)10-13(18-14)16-11-4-2-3-5-11/h10-11H,2-9H2,1H3,(H,16,17,18). The molecule has 1 aliphatic carbocycles. The molecule has 2 heterocycles. The lowest BCUT2D eigenvalue weighted by atomic mass is 10.2. The second-order valence-electron chi connectivity index (χ2n) is 5.79. The quantitative estimate of drug-likeness (QED) is 0.867. The maximum absolute atomic E-state index is 6.16. The van der Waals surface area contributed by atoms with Crippen LogP contribution in [0.15, 0.2) is 6.07 Å². The molecule has 2 fully saturated rings. The molecule has 0 atom stereocenters. The van der Waals surface area contributed by atoms with Crippen molar-refractivity contribution >= 4 is 23.4 Å². The van der Waals surface area contributed by atoms with E-state index in [9.17, 15) is 0 Å². The van der Waals surface area contributed by atoms with Gasteiger partial charge in [0, 0.05) is 38.3 Å². The zero-order valence-electron chi connectivity index (χ0n) is 12.0. The van der Waals surface area contributed by atoms with Crippen LogP contribution < -0.4 is 10.2 Å². The maximum atomic E-state index is 6.16. The van der Waals surface area contributed by atoms with Gasteiger partial charge in [0.15, 0.2) is 0 Å². The first kappa shape index (κ1) is 13.9. The Hall–Kier alpha value is -1.07. The van der Waals surface area contributed by atoms with Crippen LogP contribution in [0.25, 0.3) is 0 Å². The average Bonchev–Trinajstić information content (AvgIpc) is 2.91. The second-order valence-corrected chi connectivity index (χ2v) is 6.18. The van der Waals surface area contributed by atoms with Gasteiger partial charge in [-0.05, 0) is 19.9 Å². The highest BCUT2D eigenvalue weighted by atomic mass is 35.5. The van der Waals surface area contributed by atoms with E-state index in [1.165, 1.54) is 25.7 Å². The van der Waals surface area contributed by atoms with E-state index in [1.807, 2.05) is 6.07 Å². The Balaban J connectivity index is 1.72. The predicted molar refractivity (Wildman–Crippen MR) is 82.6 cm³/mol. The number of anilines is 2. The van der Waals surface area contributed by atoms with E-state index >= 15 is 0 Å². The van der Waals surface area contributed by atoms with Gasteiger partial charge in [0.2, 0.25) is 5.95 Å². The zero-order valence-corrected chi connectivity index (χ0v) is 12.7. The number of likely N-dealkylation sites (N-methyl/N-ethyl adjacent to an activating group) is 1. The van der Waals surface area contributed by atoms with E-state index in [1.54, 1.807) is 0 Å². The summed E-state index contributed by atoms with van der Waals surface area (Å²) in [6, 6.07) is 2.38. The minimum absolute atomic E-state index is 0.523. The van der Waals surface area contributed by atoms with Crippen LogP contribution in [-0.2, 0) is 0 Å². The third-order valence-electron chi connectivity index (χ3n) is 4.18. The van der Waals surface area contributed by atoms with E-state index in [0.29, 0.717) is 11.2 Å². The van der Waals surface area contributed by atoms with Crippen molar-refractivity contribution in [2.24, 2.45) is 0 Å². The molecule has 0 aromatic carbocycles. The first-order valence-electron chi connectivity index (χ1n) is 7.45. The molecule has 6 heteroatoms. The Morgan fingerprint density at radius 3 is 2.55 bits per heavy atom. The molecule has 1 aliphatic heterocycles. The van der Waals surface area contributed by atoms with E-state index in [2.05, 4.69) is 32.1 Å². The molecule has 1 aromatic rings. The summed E-state index contributed by atoms with van der Waals surface area (Å²) in [5, 5.41) is 4.02. The van der Waals surface area contributed by atoms with Gasteiger partial charge in [-0.2, -0.15) is 4.98 Å². The predicted octanol–water partition coefficient (Wildman–Crippen LogP) is 2.24. The number of rotatable bonds is 3. The third-order valence-corrected chi connectivity index (χ3v) is 4.37. The van der Waals surface area contributed by atoms with Crippen LogP contribution in [0.2, 0.25) is 5.15 Å². The van der Waals surface area contributed by atoms with Crippen molar-refractivity contribution in [2.75, 3.05) is 43.4 Å². The second kappa shape index (κ2) is 6.14. The van der Waals surface area contributed by atoms with Gasteiger partial charge in [-0.25, -0.2) is 4.98 Å². The van der Waals surface area contributed by atoms with Crippen LogP contribution >= 0.6 is 11.6 Å². The molecule has 2 aliphatic rings. The highest BCUT2D eigenvalue weighted by Gasteiger charge is 2.19. The molecule has 1 saturated heterocycles. The lowest BCUT2D eigenvalue weighted by Gasteiger charge is -2.32. The Bertz CT molecular complexity index is 453. The fourth-order valence-electron chi connectivity index (χ4n) is 2.91. The summed E-state index contributed by atoms with van der Waals surface area (Å²) in [6.45, 7) is 4.00. The monoisotopic (exact) mass is 295 g/mol. The van der Waals surface area contributed by atoms with Crippen LogP contribution in [0.3, 0.4) is 0 Å². The molecule has 5 nitrogen and oxygen atoms in total. The maximum Gasteiger partial charge on any atom is 0.228 e. The number of hydrogen-bond donors (Lipinski definition) is 1. The first-order valence-corrected chi connectivity index (χ1v) is 7.83. The summed E-state index contributed by atoms with van der Waals surface area (Å²) in [4.78, 5) is 13.6. The highest BCUT2D eigenvalue weighted by Crippen LogP contribution is 2.24. The van der Waals surface area contributed by atoms with E-state index in [0.717, 1.165) is 37.9 Å². The minimum Gasteiger partial charge on any atom is -0.367 e. The molecular formula is C14H22ClN5. The van der Waals surface area contributed by atoms with Crippen LogP contribution in [0.5, 0.6) is 0 Å². The summed E-state index contributed by atoms with van der Waals surface area (Å²) in [7, 11) is 2.14. The van der Waals surface area contributed by atoms with Gasteiger partial charge in [-0.1, -0.05) is 24.4 Å². The molecule has 0 bridgehead atoms. The zero-order chi connectivity index (χ0) is 13.9. The average molecular weight is 296 g/mol. The van der Waals surface area contributed by atoms with Crippen LogP contribution in [0, 0.1) is 0 Å². The van der Waals surface area contributed by atoms with Gasteiger partial charge < -0.3 is 15.1 Å². The van der Waals surface area contributed by atoms with Gasteiger partial charge in [0.25, 0.3) is 0 Å². The smallest absolute Gasteiger partial charge is 0.228 e. The fraction of sp³-hybridized carbons (Fsp3) is 0.714. The Morgan fingerprint density at radius 1 is 1.15 bits per heavy atom. The summed E-state index contributed by atoms with van der Waals surface area (Å²) < 4.78 is 0. The molecule has 0 radical (unpaired) electrons. The molecule has 3 rings (SSSR count). The molecule has 20 heavy (non-hydrogen) atoms. The van der Waals surface area contributed by atoms with E-state index in [4.69, 9.17) is 11.6 Å². The molecule has 1 aromatic heterocycles. The van der Waals surface area contributed by atoms with E-state index < -0.39 is 0 Å². The first-order chi connectivity index (χ1) is 9.70. The van der Waals surface area contributed by atoms with Crippen molar-refractivity contribution in [1.82, 2.24) is 14.9 Å². The van der Waals surface area contributed by atoms with Gasteiger partial charge in [0.1, 0.15) is 11.0 Å². The van der Waals surface area contributed by atoms with Crippen molar-refractivity contribution < 1.29 is 0 Å². The normalized spacial score (nSPS) is 21.4.